The number of halogens is 1. The van der Waals surface area contributed by atoms with Gasteiger partial charge < -0.3 is 5.32 Å². The van der Waals surface area contributed by atoms with Crippen molar-refractivity contribution in [3.63, 3.8) is 0 Å². The molecule has 0 bridgehead atoms. The number of amides is 1. The van der Waals surface area contributed by atoms with E-state index in [2.05, 4.69) is 20.0 Å². The molecule has 2 aromatic rings. The van der Waals surface area contributed by atoms with Gasteiger partial charge in [0.2, 0.25) is 16.4 Å². The lowest BCUT2D eigenvalue weighted by atomic mass is 10.1. The van der Waals surface area contributed by atoms with E-state index in [0.29, 0.717) is 28.9 Å². The van der Waals surface area contributed by atoms with Gasteiger partial charge in [-0.2, -0.15) is 0 Å². The molecule has 0 aliphatic heterocycles. The number of anilines is 1. The molecule has 9 nitrogen and oxygen atoms in total. The van der Waals surface area contributed by atoms with Crippen molar-refractivity contribution < 1.29 is 18.4 Å². The van der Waals surface area contributed by atoms with Crippen molar-refractivity contribution in [3.05, 3.63) is 53.4 Å². The van der Waals surface area contributed by atoms with Crippen LogP contribution < -0.4 is 10.0 Å². The predicted molar refractivity (Wildman–Crippen MR) is 106 cm³/mol. The first-order valence-corrected chi connectivity index (χ1v) is 10.6. The van der Waals surface area contributed by atoms with E-state index in [4.69, 9.17) is 11.6 Å². The van der Waals surface area contributed by atoms with E-state index in [9.17, 15) is 18.4 Å². The zero-order valence-electron chi connectivity index (χ0n) is 15.0. The number of sulfonamides is 1. The first-order valence-electron chi connectivity index (χ1n) is 8.54. The van der Waals surface area contributed by atoms with Crippen molar-refractivity contribution in [1.29, 1.82) is 0 Å². The minimum Gasteiger partial charge on any atom is -0.369 e. The van der Waals surface area contributed by atoms with Gasteiger partial charge in [0.25, 0.3) is 0 Å². The zero-order valence-corrected chi connectivity index (χ0v) is 16.6. The summed E-state index contributed by atoms with van der Waals surface area (Å²) in [4.78, 5) is 18.9. The Kier molecular flexibility index (Phi) is 8.58. The van der Waals surface area contributed by atoms with E-state index >= 15 is 0 Å². The summed E-state index contributed by atoms with van der Waals surface area (Å²) in [5, 5.41) is 13.6. The van der Waals surface area contributed by atoms with Gasteiger partial charge in [0.15, 0.2) is 0 Å². The van der Waals surface area contributed by atoms with Crippen LogP contribution in [0, 0.1) is 0 Å². The lowest BCUT2D eigenvalue weighted by molar-refractivity contribution is -0.158. The third-order valence-corrected chi connectivity index (χ3v) is 5.55. The average Bonchev–Trinajstić information content (AvgIpc) is 2.70. The monoisotopic (exact) mass is 427 g/mol. The fourth-order valence-electron chi connectivity index (χ4n) is 2.45. The molecule has 28 heavy (non-hydrogen) atoms. The summed E-state index contributed by atoms with van der Waals surface area (Å²) < 4.78 is 27.0. The highest BCUT2D eigenvalue weighted by atomic mass is 35.5. The van der Waals surface area contributed by atoms with Gasteiger partial charge in [-0.15, -0.1) is 0 Å². The summed E-state index contributed by atoms with van der Waals surface area (Å²) in [5.74, 6) is 0.155. The Bertz CT molecular complexity index is 836. The molecule has 1 unspecified atom stereocenters. The largest absolute Gasteiger partial charge is 0.369 e. The summed E-state index contributed by atoms with van der Waals surface area (Å²) in [6.45, 7) is 0.430. The Morgan fingerprint density at radius 3 is 2.71 bits per heavy atom. The molecular formula is C17H22ClN5O4S. The van der Waals surface area contributed by atoms with Crippen LogP contribution in [-0.2, 0) is 21.2 Å². The number of nitrogens with zero attached hydrogens (tertiary/aromatic N) is 3. The van der Waals surface area contributed by atoms with Crippen molar-refractivity contribution in [2.75, 3.05) is 24.2 Å². The molecule has 2 aromatic heterocycles. The SMILES string of the molecule is O=CN(O)C(CCc1cccnc1)CS(=O)(=O)NCCNc1ccc(Cl)cn1. The van der Waals surface area contributed by atoms with Gasteiger partial charge in [0.05, 0.1) is 16.8 Å². The van der Waals surface area contributed by atoms with E-state index in [1.165, 1.54) is 6.20 Å². The summed E-state index contributed by atoms with van der Waals surface area (Å²) in [6.07, 6.45) is 5.72. The normalized spacial score (nSPS) is 12.4. The van der Waals surface area contributed by atoms with Crippen molar-refractivity contribution in [2.24, 2.45) is 0 Å². The highest BCUT2D eigenvalue weighted by Gasteiger charge is 2.23. The summed E-state index contributed by atoms with van der Waals surface area (Å²) in [7, 11) is -3.71. The van der Waals surface area contributed by atoms with Gasteiger partial charge in [-0.3, -0.25) is 15.0 Å². The molecule has 1 amide bonds. The molecule has 1 atom stereocenters. The molecule has 3 N–H and O–H groups in total. The van der Waals surface area contributed by atoms with Crippen molar-refractivity contribution in [2.45, 2.75) is 18.9 Å². The lowest BCUT2D eigenvalue weighted by Gasteiger charge is -2.22. The molecular weight excluding hydrogens is 406 g/mol. The Morgan fingerprint density at radius 1 is 1.25 bits per heavy atom. The molecule has 0 saturated heterocycles. The van der Waals surface area contributed by atoms with Gasteiger partial charge in [0.1, 0.15) is 5.82 Å². The summed E-state index contributed by atoms with van der Waals surface area (Å²) >= 11 is 5.75. The number of aryl methyl sites for hydroxylation is 1. The highest BCUT2D eigenvalue weighted by molar-refractivity contribution is 7.89. The topological polar surface area (TPSA) is 125 Å². The summed E-state index contributed by atoms with van der Waals surface area (Å²) in [6, 6.07) is 6.08. The van der Waals surface area contributed by atoms with Crippen LogP contribution in [0.1, 0.15) is 12.0 Å². The number of aromatic nitrogens is 2. The van der Waals surface area contributed by atoms with Gasteiger partial charge in [0, 0.05) is 31.7 Å². The van der Waals surface area contributed by atoms with Crippen molar-refractivity contribution in [1.82, 2.24) is 19.8 Å². The average molecular weight is 428 g/mol. The third-order valence-electron chi connectivity index (χ3n) is 3.86. The minimum absolute atomic E-state index is 0.120. The number of hydrogen-bond acceptors (Lipinski definition) is 7. The van der Waals surface area contributed by atoms with Gasteiger partial charge >= 0.3 is 0 Å². The second-order valence-corrected chi connectivity index (χ2v) is 8.29. The number of nitrogens with one attached hydrogen (secondary N) is 2. The van der Waals surface area contributed by atoms with Crippen LogP contribution in [0.15, 0.2) is 42.9 Å². The smallest absolute Gasteiger partial charge is 0.233 e. The molecule has 0 radical (unpaired) electrons. The van der Waals surface area contributed by atoms with Gasteiger partial charge in [-0.05, 0) is 36.6 Å². The molecule has 152 valence electrons. The van der Waals surface area contributed by atoms with Gasteiger partial charge in [-0.25, -0.2) is 23.2 Å². The molecule has 2 rings (SSSR count). The first kappa shape index (κ1) is 22.0. The Labute approximate surface area is 168 Å². The number of hydrogen-bond donors (Lipinski definition) is 3. The van der Waals surface area contributed by atoms with E-state index in [-0.39, 0.29) is 19.4 Å². The van der Waals surface area contributed by atoms with E-state index in [1.54, 1.807) is 30.6 Å². The number of pyridine rings is 2. The third kappa shape index (κ3) is 7.77. The standard InChI is InChI=1S/C17H22ClN5O4S/c18-15-4-6-17(21-11-15)20-8-9-22-28(26,27)12-16(23(25)13-24)5-3-14-2-1-7-19-10-14/h1-2,4,6-7,10-11,13,16,22,25H,3,5,8-9,12H2,(H,20,21). The molecule has 2 heterocycles. The van der Waals surface area contributed by atoms with Crippen LogP contribution >= 0.6 is 11.6 Å². The zero-order chi connectivity index (χ0) is 20.4. The predicted octanol–water partition coefficient (Wildman–Crippen LogP) is 1.31. The Balaban J connectivity index is 1.83. The molecule has 0 aliphatic rings. The maximum atomic E-state index is 12.3. The maximum Gasteiger partial charge on any atom is 0.233 e. The Hall–Kier alpha value is -2.27. The number of rotatable bonds is 12. The fourth-order valence-corrected chi connectivity index (χ4v) is 3.92. The summed E-state index contributed by atoms with van der Waals surface area (Å²) in [5.41, 5.74) is 0.886. The number of carbonyl (C=O) groups is 1. The maximum absolute atomic E-state index is 12.3. The first-order chi connectivity index (χ1) is 13.4. The van der Waals surface area contributed by atoms with Crippen LogP contribution in [0.2, 0.25) is 5.02 Å². The molecule has 0 fully saturated rings. The number of carbonyl (C=O) groups excluding carboxylic acids is 1. The minimum atomic E-state index is -3.71. The van der Waals surface area contributed by atoms with Crippen molar-refractivity contribution in [3.8, 4) is 0 Å². The van der Waals surface area contributed by atoms with Crippen LogP contribution in [-0.4, -0.2) is 60.0 Å². The van der Waals surface area contributed by atoms with Crippen LogP contribution in [0.5, 0.6) is 0 Å². The van der Waals surface area contributed by atoms with Crippen LogP contribution in [0.3, 0.4) is 0 Å². The lowest BCUT2D eigenvalue weighted by Crippen LogP contribution is -2.42. The molecule has 0 aliphatic carbocycles. The van der Waals surface area contributed by atoms with Crippen LogP contribution in [0.25, 0.3) is 0 Å². The van der Waals surface area contributed by atoms with Gasteiger partial charge in [-0.1, -0.05) is 17.7 Å². The van der Waals surface area contributed by atoms with Crippen LogP contribution in [0.4, 0.5) is 5.82 Å². The molecule has 11 heteroatoms. The highest BCUT2D eigenvalue weighted by Crippen LogP contribution is 2.10. The number of hydroxylamine groups is 2. The second-order valence-electron chi connectivity index (χ2n) is 6.00. The fraction of sp³-hybridized carbons (Fsp3) is 0.353. The van der Waals surface area contributed by atoms with E-state index in [0.717, 1.165) is 5.56 Å². The van der Waals surface area contributed by atoms with E-state index in [1.807, 2.05) is 6.07 Å². The Morgan fingerprint density at radius 2 is 2.07 bits per heavy atom. The van der Waals surface area contributed by atoms with E-state index < -0.39 is 21.8 Å². The quantitative estimate of drug-likeness (QED) is 0.202. The molecule has 0 spiro atoms. The molecule has 0 aromatic carbocycles. The second kappa shape index (κ2) is 10.9. The molecule has 0 saturated carbocycles. The van der Waals surface area contributed by atoms with Crippen molar-refractivity contribution >= 4 is 33.9 Å².